The van der Waals surface area contributed by atoms with Crippen molar-refractivity contribution in [2.75, 3.05) is 11.1 Å². The normalized spacial score (nSPS) is 16.9. The topological polar surface area (TPSA) is 141 Å². The summed E-state index contributed by atoms with van der Waals surface area (Å²) in [6.45, 7) is 1.01. The zero-order valence-corrected chi connectivity index (χ0v) is 30.1. The zero-order valence-electron chi connectivity index (χ0n) is 30.1. The molecule has 2 amide bonds. The number of hydrogen-bond donors (Lipinski definition) is 4. The molecule has 1 aliphatic heterocycles. The molecule has 6 aromatic rings. The fourth-order valence-corrected chi connectivity index (χ4v) is 6.86. The molecule has 54 heavy (non-hydrogen) atoms. The third-order valence-electron chi connectivity index (χ3n) is 9.82. The van der Waals surface area contributed by atoms with Crippen LogP contribution in [0.2, 0.25) is 0 Å². The number of nitrogen functional groups attached to an aromatic ring is 1. The van der Waals surface area contributed by atoms with E-state index in [1.807, 2.05) is 91.3 Å². The number of unbranched alkanes of at least 4 members (excludes halogenated alkanes) is 1. The van der Waals surface area contributed by atoms with Crippen LogP contribution in [0.5, 0.6) is 0 Å². The highest BCUT2D eigenvalue weighted by Crippen LogP contribution is 2.39. The Bertz CT molecular complexity index is 2180. The lowest BCUT2D eigenvalue weighted by Gasteiger charge is -2.36. The molecule has 0 saturated carbocycles. The monoisotopic (exact) mass is 723 g/mol. The number of carbonyl (C=O) groups is 2. The van der Waals surface area contributed by atoms with Crippen LogP contribution in [0.1, 0.15) is 66.8 Å². The van der Waals surface area contributed by atoms with Gasteiger partial charge >= 0.3 is 0 Å². The summed E-state index contributed by atoms with van der Waals surface area (Å²) in [6.07, 6.45) is 3.45. The molecule has 3 atom stereocenters. The van der Waals surface area contributed by atoms with Crippen LogP contribution in [0.4, 0.5) is 11.4 Å². The number of aliphatic hydroxyl groups excluding tert-OH is 1. The van der Waals surface area contributed by atoms with Crippen LogP contribution < -0.4 is 16.4 Å². The van der Waals surface area contributed by atoms with E-state index in [2.05, 4.69) is 44.5 Å². The molecule has 10 heteroatoms. The molecule has 0 spiro atoms. The molecule has 10 nitrogen and oxygen atoms in total. The molecule has 5 aromatic carbocycles. The first-order chi connectivity index (χ1) is 26.4. The van der Waals surface area contributed by atoms with Gasteiger partial charge in [0.1, 0.15) is 0 Å². The van der Waals surface area contributed by atoms with Crippen molar-refractivity contribution in [3.05, 3.63) is 150 Å². The van der Waals surface area contributed by atoms with Crippen LogP contribution in [0.25, 0.3) is 22.2 Å². The second-order valence-corrected chi connectivity index (χ2v) is 13.6. The lowest BCUT2D eigenvalue weighted by atomic mass is 9.97. The summed E-state index contributed by atoms with van der Waals surface area (Å²) < 4.78 is 15.4. The molecule has 1 aliphatic rings. The van der Waals surface area contributed by atoms with Gasteiger partial charge in [0.2, 0.25) is 11.8 Å². The molecule has 1 saturated heterocycles. The number of rotatable bonds is 14. The Balaban J connectivity index is 0.977. The first-order valence-corrected chi connectivity index (χ1v) is 18.4. The van der Waals surface area contributed by atoms with Gasteiger partial charge in [0.25, 0.3) is 0 Å². The van der Waals surface area contributed by atoms with Crippen molar-refractivity contribution in [2.24, 2.45) is 0 Å². The van der Waals surface area contributed by atoms with Crippen molar-refractivity contribution >= 4 is 34.2 Å². The maximum Gasteiger partial charge on any atom is 0.224 e. The Morgan fingerprint density at radius 2 is 1.50 bits per heavy atom. The van der Waals surface area contributed by atoms with E-state index in [0.29, 0.717) is 56.6 Å². The minimum absolute atomic E-state index is 0.0102. The molecular weight excluding hydrogens is 679 g/mol. The standard InChI is InChI=1S/C44H45N5O5/c45-37-11-3-4-12-38(37)48-43(52)16-8-7-15-42(51)46-26-34-9-1-2-10-36(34)31-21-23-33(24-22-31)44-53-35(27-49-29-47-39-13-5-6-14-40(39)49)25-41(54-44)32-19-17-30(28-50)18-20-32/h1-6,9-14,17-24,29,35,41,44,50H,7-8,15-16,25-28,45H2,(H,46,51)(H,48,52)/t35-,41+,44+/m1/s1. The number of aliphatic hydroxyl groups is 1. The van der Waals surface area contributed by atoms with Crippen molar-refractivity contribution in [2.45, 2.75) is 70.3 Å². The van der Waals surface area contributed by atoms with Gasteiger partial charge in [-0.1, -0.05) is 97.1 Å². The summed E-state index contributed by atoms with van der Waals surface area (Å²) in [5.41, 5.74) is 14.9. The Kier molecular flexibility index (Phi) is 11.7. The van der Waals surface area contributed by atoms with E-state index in [0.717, 1.165) is 44.4 Å². The number of para-hydroxylation sites is 4. The van der Waals surface area contributed by atoms with Crippen LogP contribution in [-0.2, 0) is 38.8 Å². The zero-order chi connectivity index (χ0) is 37.3. The van der Waals surface area contributed by atoms with Gasteiger partial charge in [-0.2, -0.15) is 0 Å². The number of fused-ring (bicyclic) bond motifs is 1. The third kappa shape index (κ3) is 9.03. The second-order valence-electron chi connectivity index (χ2n) is 13.6. The van der Waals surface area contributed by atoms with Crippen LogP contribution in [0, 0.1) is 0 Å². The fourth-order valence-electron chi connectivity index (χ4n) is 6.86. The van der Waals surface area contributed by atoms with Crippen molar-refractivity contribution in [3.8, 4) is 11.1 Å². The van der Waals surface area contributed by atoms with Gasteiger partial charge in [0, 0.05) is 31.4 Å². The average Bonchev–Trinajstić information content (AvgIpc) is 3.62. The van der Waals surface area contributed by atoms with Crippen LogP contribution in [-0.4, -0.2) is 32.6 Å². The first-order valence-electron chi connectivity index (χ1n) is 18.4. The third-order valence-corrected chi connectivity index (χ3v) is 9.82. The van der Waals surface area contributed by atoms with Gasteiger partial charge in [-0.15, -0.1) is 0 Å². The number of nitrogens with two attached hydrogens (primary N) is 1. The molecule has 0 aliphatic carbocycles. The largest absolute Gasteiger partial charge is 0.397 e. The van der Waals surface area contributed by atoms with Gasteiger partial charge in [0.15, 0.2) is 6.29 Å². The highest BCUT2D eigenvalue weighted by Gasteiger charge is 2.32. The molecule has 2 heterocycles. The predicted octanol–water partition coefficient (Wildman–Crippen LogP) is 7.84. The van der Waals surface area contributed by atoms with Gasteiger partial charge in [-0.05, 0) is 64.9 Å². The molecule has 276 valence electrons. The Morgan fingerprint density at radius 3 is 2.30 bits per heavy atom. The van der Waals surface area contributed by atoms with Gasteiger partial charge in [-0.3, -0.25) is 9.59 Å². The number of carbonyl (C=O) groups excluding carboxylic acids is 2. The van der Waals surface area contributed by atoms with Gasteiger partial charge < -0.3 is 35.5 Å². The van der Waals surface area contributed by atoms with Crippen molar-refractivity contribution in [1.29, 1.82) is 0 Å². The molecule has 1 aromatic heterocycles. The molecule has 0 unspecified atom stereocenters. The highest BCUT2D eigenvalue weighted by atomic mass is 16.7. The quantitative estimate of drug-likeness (QED) is 0.0663. The average molecular weight is 724 g/mol. The number of nitrogens with zero attached hydrogens (tertiary/aromatic N) is 2. The molecule has 1 fully saturated rings. The maximum atomic E-state index is 12.7. The molecule has 5 N–H and O–H groups in total. The highest BCUT2D eigenvalue weighted by molar-refractivity contribution is 5.93. The van der Waals surface area contributed by atoms with E-state index in [1.165, 1.54) is 0 Å². The number of anilines is 2. The number of amides is 2. The van der Waals surface area contributed by atoms with E-state index in [9.17, 15) is 14.7 Å². The van der Waals surface area contributed by atoms with Gasteiger partial charge in [0.05, 0.1) is 54.1 Å². The summed E-state index contributed by atoms with van der Waals surface area (Å²) in [5, 5.41) is 15.5. The second kappa shape index (κ2) is 17.3. The number of benzene rings is 5. The summed E-state index contributed by atoms with van der Waals surface area (Å²) in [6, 6.07) is 39.4. The molecule has 7 rings (SSSR count). The molecular formula is C44H45N5O5. The molecule has 0 radical (unpaired) electrons. The van der Waals surface area contributed by atoms with Gasteiger partial charge in [-0.25, -0.2) is 4.98 Å². The summed E-state index contributed by atoms with van der Waals surface area (Å²) in [7, 11) is 0. The van der Waals surface area contributed by atoms with E-state index in [-0.39, 0.29) is 30.6 Å². The number of imidazole rings is 1. The number of aromatic nitrogens is 2. The lowest BCUT2D eigenvalue weighted by Crippen LogP contribution is -2.32. The number of hydrogen-bond acceptors (Lipinski definition) is 7. The Labute approximate surface area is 315 Å². The summed E-state index contributed by atoms with van der Waals surface area (Å²) >= 11 is 0. The first kappa shape index (κ1) is 36.5. The van der Waals surface area contributed by atoms with E-state index in [1.54, 1.807) is 12.1 Å². The van der Waals surface area contributed by atoms with Crippen LogP contribution in [0.15, 0.2) is 128 Å². The lowest BCUT2D eigenvalue weighted by molar-refractivity contribution is -0.252. The van der Waals surface area contributed by atoms with Crippen molar-refractivity contribution < 1.29 is 24.2 Å². The smallest absolute Gasteiger partial charge is 0.224 e. The van der Waals surface area contributed by atoms with E-state index < -0.39 is 6.29 Å². The fraction of sp³-hybridized carbons (Fsp3) is 0.250. The summed E-state index contributed by atoms with van der Waals surface area (Å²) in [5.74, 6) is -0.176. The summed E-state index contributed by atoms with van der Waals surface area (Å²) in [4.78, 5) is 29.6. The minimum atomic E-state index is -0.591. The van der Waals surface area contributed by atoms with Crippen LogP contribution >= 0.6 is 0 Å². The number of ether oxygens (including phenoxy) is 2. The molecule has 0 bridgehead atoms. The SMILES string of the molecule is Nc1ccccc1NC(=O)CCCCC(=O)NCc1ccccc1-c1ccc([C@H]2O[C@@H](Cn3cnc4ccccc43)C[C@@H](c3ccc(CO)cc3)O2)cc1. The predicted molar refractivity (Wildman–Crippen MR) is 210 cm³/mol. The Hall–Kier alpha value is -5.81. The van der Waals surface area contributed by atoms with Crippen molar-refractivity contribution in [1.82, 2.24) is 14.9 Å². The van der Waals surface area contributed by atoms with Crippen molar-refractivity contribution in [3.63, 3.8) is 0 Å². The van der Waals surface area contributed by atoms with E-state index in [4.69, 9.17) is 15.2 Å². The van der Waals surface area contributed by atoms with E-state index >= 15 is 0 Å². The van der Waals surface area contributed by atoms with Crippen LogP contribution in [0.3, 0.4) is 0 Å². The Morgan fingerprint density at radius 1 is 0.796 bits per heavy atom. The number of nitrogens with one attached hydrogen (secondary N) is 2. The maximum absolute atomic E-state index is 12.7. The minimum Gasteiger partial charge on any atom is -0.397 e.